The largest absolute Gasteiger partial charge is 0.491 e. The Morgan fingerprint density at radius 3 is 1.96 bits per heavy atom. The van der Waals surface area contributed by atoms with Crippen molar-refractivity contribution in [2.24, 2.45) is 0 Å². The molecule has 24 heavy (non-hydrogen) atoms. The fourth-order valence-electron chi connectivity index (χ4n) is 1.70. The Balaban J connectivity index is 2.38. The first-order chi connectivity index (χ1) is 11.0. The average molecular weight is 352 g/mol. The number of benzene rings is 2. The van der Waals surface area contributed by atoms with Crippen molar-refractivity contribution in [1.29, 1.82) is 0 Å². The summed E-state index contributed by atoms with van der Waals surface area (Å²) in [6.07, 6.45) is -10.5. The Bertz CT molecular complexity index is 794. The minimum absolute atomic E-state index is 0.137. The molecule has 0 aliphatic rings. The van der Waals surface area contributed by atoms with Gasteiger partial charge in [0.2, 0.25) is 0 Å². The smallest absolute Gasteiger partial charge is 0.420 e. The van der Waals surface area contributed by atoms with E-state index in [9.17, 15) is 35.9 Å². The van der Waals surface area contributed by atoms with E-state index < -0.39 is 35.8 Å². The molecule has 0 unspecified atom stereocenters. The molecule has 0 N–H and O–H groups in total. The summed E-state index contributed by atoms with van der Waals surface area (Å²) < 4.78 is 81.5. The number of carbonyl (C=O) groups excluding carboxylic acids is 2. The zero-order chi connectivity index (χ0) is 18.1. The molecule has 0 atom stereocenters. The van der Waals surface area contributed by atoms with Gasteiger partial charge in [-0.1, -0.05) is 18.2 Å². The summed E-state index contributed by atoms with van der Waals surface area (Å²) in [5, 5.41) is 0.122. The van der Waals surface area contributed by atoms with Gasteiger partial charge in [-0.2, -0.15) is 26.3 Å². The molecular weight excluding hydrogens is 346 g/mol. The highest BCUT2D eigenvalue weighted by Gasteiger charge is 2.42. The van der Waals surface area contributed by atoms with Gasteiger partial charge in [0.1, 0.15) is 11.5 Å². The third-order valence-electron chi connectivity index (χ3n) is 2.69. The first-order valence-corrected chi connectivity index (χ1v) is 6.09. The van der Waals surface area contributed by atoms with Crippen molar-refractivity contribution in [2.75, 3.05) is 0 Å². The molecule has 0 bridgehead atoms. The fraction of sp³-hybridized carbons (Fsp3) is 0.143. The van der Waals surface area contributed by atoms with Crippen LogP contribution in [-0.2, 0) is 9.59 Å². The summed E-state index contributed by atoms with van der Waals surface area (Å²) in [4.78, 5) is 21.7. The molecule has 0 amide bonds. The van der Waals surface area contributed by atoms with Crippen LogP contribution in [0, 0.1) is 0 Å². The molecule has 2 aromatic carbocycles. The number of halogens is 6. The van der Waals surface area contributed by atoms with Crippen molar-refractivity contribution < 1.29 is 45.4 Å². The van der Waals surface area contributed by atoms with Gasteiger partial charge in [-0.05, 0) is 23.6 Å². The third-order valence-corrected chi connectivity index (χ3v) is 2.69. The molecule has 0 saturated heterocycles. The van der Waals surface area contributed by atoms with E-state index in [1.54, 1.807) is 0 Å². The van der Waals surface area contributed by atoms with Gasteiger partial charge in [0.05, 0.1) is 0 Å². The summed E-state index contributed by atoms with van der Waals surface area (Å²) in [7, 11) is 0. The molecule has 10 heteroatoms. The summed E-state index contributed by atoms with van der Waals surface area (Å²) in [6, 6.07) is 6.78. The number of fused-ring (bicyclic) bond motifs is 1. The van der Waals surface area contributed by atoms with E-state index in [1.165, 1.54) is 18.2 Å². The molecule has 0 spiro atoms. The minimum Gasteiger partial charge on any atom is -0.420 e. The predicted octanol–water partition coefficient (Wildman–Crippen LogP) is 3.78. The lowest BCUT2D eigenvalue weighted by Crippen LogP contribution is -2.28. The van der Waals surface area contributed by atoms with Gasteiger partial charge >= 0.3 is 24.3 Å². The average Bonchev–Trinajstić information content (AvgIpc) is 2.45. The molecule has 0 radical (unpaired) electrons. The second kappa shape index (κ2) is 6.02. The summed E-state index contributed by atoms with van der Waals surface area (Å²) in [5.74, 6) is -6.10. The Morgan fingerprint density at radius 2 is 1.38 bits per heavy atom. The van der Waals surface area contributed by atoms with Crippen LogP contribution in [0.5, 0.6) is 11.5 Å². The van der Waals surface area contributed by atoms with E-state index in [-0.39, 0.29) is 10.8 Å². The van der Waals surface area contributed by atoms with E-state index in [1.807, 2.05) is 0 Å². The van der Waals surface area contributed by atoms with Crippen LogP contribution in [-0.4, -0.2) is 24.3 Å². The second-order valence-corrected chi connectivity index (χ2v) is 4.41. The Labute approximate surface area is 129 Å². The van der Waals surface area contributed by atoms with Gasteiger partial charge in [-0.25, -0.2) is 9.59 Å². The maximum Gasteiger partial charge on any atom is 0.491 e. The minimum atomic E-state index is -5.25. The number of hydrogen-bond acceptors (Lipinski definition) is 4. The van der Waals surface area contributed by atoms with Crippen LogP contribution >= 0.6 is 0 Å². The van der Waals surface area contributed by atoms with E-state index in [0.29, 0.717) is 0 Å². The van der Waals surface area contributed by atoms with Crippen molar-refractivity contribution in [3.05, 3.63) is 36.4 Å². The molecule has 2 aromatic rings. The van der Waals surface area contributed by atoms with Gasteiger partial charge in [-0.15, -0.1) is 0 Å². The first kappa shape index (κ1) is 17.6. The maximum absolute atomic E-state index is 12.2. The molecule has 128 valence electrons. The second-order valence-electron chi connectivity index (χ2n) is 4.41. The SMILES string of the molecule is O=C(Oc1ccc2cccc(OC(=O)C(F)(F)F)c2c1)C(F)(F)F. The van der Waals surface area contributed by atoms with E-state index >= 15 is 0 Å². The number of alkyl halides is 6. The molecule has 0 aliphatic carbocycles. The van der Waals surface area contributed by atoms with Crippen LogP contribution in [0.3, 0.4) is 0 Å². The van der Waals surface area contributed by atoms with Crippen LogP contribution in [0.1, 0.15) is 0 Å². The van der Waals surface area contributed by atoms with E-state index in [4.69, 9.17) is 0 Å². The number of rotatable bonds is 2. The van der Waals surface area contributed by atoms with Gasteiger partial charge in [0, 0.05) is 5.39 Å². The number of hydrogen-bond donors (Lipinski definition) is 0. The van der Waals surface area contributed by atoms with Crippen LogP contribution in [0.15, 0.2) is 36.4 Å². The van der Waals surface area contributed by atoms with Crippen LogP contribution < -0.4 is 9.47 Å². The summed E-state index contributed by atoms with van der Waals surface area (Å²) in [5.41, 5.74) is 0. The van der Waals surface area contributed by atoms with Crippen LogP contribution in [0.4, 0.5) is 26.3 Å². The molecule has 0 aromatic heterocycles. The van der Waals surface area contributed by atoms with Gasteiger partial charge in [0.25, 0.3) is 0 Å². The topological polar surface area (TPSA) is 52.6 Å². The Hall–Kier alpha value is -2.78. The molecular formula is C14H6F6O4. The van der Waals surface area contributed by atoms with E-state index in [2.05, 4.69) is 9.47 Å². The molecule has 0 heterocycles. The lowest BCUT2D eigenvalue weighted by Gasteiger charge is -2.11. The summed E-state index contributed by atoms with van der Waals surface area (Å²) >= 11 is 0. The highest BCUT2D eigenvalue weighted by molar-refractivity contribution is 5.92. The van der Waals surface area contributed by atoms with Gasteiger partial charge in [-0.3, -0.25) is 0 Å². The fourth-order valence-corrected chi connectivity index (χ4v) is 1.70. The number of ether oxygens (including phenoxy) is 2. The van der Waals surface area contributed by atoms with Crippen molar-refractivity contribution in [2.45, 2.75) is 12.4 Å². The lowest BCUT2D eigenvalue weighted by atomic mass is 10.1. The molecule has 0 fully saturated rings. The quantitative estimate of drug-likeness (QED) is 0.469. The molecule has 4 nitrogen and oxygen atoms in total. The number of carbonyl (C=O) groups is 2. The van der Waals surface area contributed by atoms with Crippen LogP contribution in [0.25, 0.3) is 10.8 Å². The predicted molar refractivity (Wildman–Crippen MR) is 67.3 cm³/mol. The van der Waals surface area contributed by atoms with Gasteiger partial charge < -0.3 is 9.47 Å². The van der Waals surface area contributed by atoms with Crippen molar-refractivity contribution >= 4 is 22.7 Å². The Morgan fingerprint density at radius 1 is 0.792 bits per heavy atom. The Kier molecular flexibility index (Phi) is 4.41. The highest BCUT2D eigenvalue weighted by atomic mass is 19.4. The monoisotopic (exact) mass is 352 g/mol. The summed E-state index contributed by atoms with van der Waals surface area (Å²) in [6.45, 7) is 0. The zero-order valence-corrected chi connectivity index (χ0v) is 11.4. The third kappa shape index (κ3) is 3.94. The standard InChI is InChI=1S/C14H6F6O4/c15-13(16,17)11(21)23-8-5-4-7-2-1-3-10(9(7)6-8)24-12(22)14(18,19)20/h1-6H. The molecule has 0 saturated carbocycles. The number of esters is 2. The zero-order valence-electron chi connectivity index (χ0n) is 11.4. The normalized spacial score (nSPS) is 12.1. The van der Waals surface area contributed by atoms with Gasteiger partial charge in [0.15, 0.2) is 0 Å². The molecule has 0 aliphatic heterocycles. The van der Waals surface area contributed by atoms with Crippen molar-refractivity contribution in [3.63, 3.8) is 0 Å². The maximum atomic E-state index is 12.2. The lowest BCUT2D eigenvalue weighted by molar-refractivity contribution is -0.189. The highest BCUT2D eigenvalue weighted by Crippen LogP contribution is 2.31. The van der Waals surface area contributed by atoms with Crippen molar-refractivity contribution in [3.8, 4) is 11.5 Å². The van der Waals surface area contributed by atoms with E-state index in [0.717, 1.165) is 18.2 Å². The first-order valence-electron chi connectivity index (χ1n) is 6.09. The van der Waals surface area contributed by atoms with Crippen molar-refractivity contribution in [1.82, 2.24) is 0 Å². The molecule has 2 rings (SSSR count). The van der Waals surface area contributed by atoms with Crippen LogP contribution in [0.2, 0.25) is 0 Å².